The fourth-order valence-corrected chi connectivity index (χ4v) is 2.07. The summed E-state index contributed by atoms with van der Waals surface area (Å²) in [4.78, 5) is 10.9. The van der Waals surface area contributed by atoms with Crippen molar-refractivity contribution in [2.45, 2.75) is 13.8 Å². The molecule has 2 aromatic rings. The number of hydrogen-bond acceptors (Lipinski definition) is 2. The van der Waals surface area contributed by atoms with Gasteiger partial charge in [0.2, 0.25) is 5.91 Å². The van der Waals surface area contributed by atoms with E-state index in [9.17, 15) is 9.18 Å². The van der Waals surface area contributed by atoms with Gasteiger partial charge < -0.3 is 16.0 Å². The van der Waals surface area contributed by atoms with E-state index in [1.807, 2.05) is 6.92 Å². The zero-order valence-electron chi connectivity index (χ0n) is 12.2. The van der Waals surface area contributed by atoms with Crippen LogP contribution in [-0.4, -0.2) is 11.0 Å². The molecule has 1 amide bonds. The second-order valence-electron chi connectivity index (χ2n) is 4.82. The maximum atomic E-state index is 13.7. The molecule has 0 aliphatic carbocycles. The summed E-state index contributed by atoms with van der Waals surface area (Å²) >= 11 is 5.15. The molecule has 0 bridgehead atoms. The largest absolute Gasteiger partial charge is 0.332 e. The smallest absolute Gasteiger partial charge is 0.221 e. The molecular weight excluding hydrogens is 301 g/mol. The Kier molecular flexibility index (Phi) is 5.06. The number of amides is 1. The molecule has 0 atom stereocenters. The molecule has 6 heteroatoms. The molecule has 0 saturated carbocycles. The van der Waals surface area contributed by atoms with Crippen LogP contribution in [0.15, 0.2) is 42.5 Å². The summed E-state index contributed by atoms with van der Waals surface area (Å²) in [6, 6.07) is 11.9. The normalized spacial score (nSPS) is 9.95. The Morgan fingerprint density at radius 1 is 1.00 bits per heavy atom. The van der Waals surface area contributed by atoms with Crippen molar-refractivity contribution in [1.82, 2.24) is 0 Å². The maximum Gasteiger partial charge on any atom is 0.221 e. The lowest BCUT2D eigenvalue weighted by atomic mass is 10.2. The highest BCUT2D eigenvalue weighted by Crippen LogP contribution is 2.17. The maximum absolute atomic E-state index is 13.7. The van der Waals surface area contributed by atoms with Crippen LogP contribution < -0.4 is 16.0 Å². The van der Waals surface area contributed by atoms with Crippen LogP contribution in [0.2, 0.25) is 0 Å². The first-order valence-electron chi connectivity index (χ1n) is 6.66. The Morgan fingerprint density at radius 3 is 2.14 bits per heavy atom. The Labute approximate surface area is 133 Å². The van der Waals surface area contributed by atoms with Crippen molar-refractivity contribution in [2.24, 2.45) is 0 Å². The molecule has 0 radical (unpaired) electrons. The number of rotatable bonds is 3. The SMILES string of the molecule is CC(=O)Nc1ccc(NC(=S)Nc2ccc(C)cc2F)cc1. The number of benzene rings is 2. The van der Waals surface area contributed by atoms with Gasteiger partial charge in [-0.2, -0.15) is 0 Å². The molecular formula is C16H16FN3OS. The van der Waals surface area contributed by atoms with E-state index in [1.165, 1.54) is 13.0 Å². The average molecular weight is 317 g/mol. The van der Waals surface area contributed by atoms with Crippen LogP contribution in [0.1, 0.15) is 12.5 Å². The van der Waals surface area contributed by atoms with Crippen LogP contribution in [0, 0.1) is 12.7 Å². The fraction of sp³-hybridized carbons (Fsp3) is 0.125. The van der Waals surface area contributed by atoms with Crippen LogP contribution in [0.25, 0.3) is 0 Å². The molecule has 114 valence electrons. The molecule has 0 heterocycles. The predicted molar refractivity (Wildman–Crippen MR) is 91.7 cm³/mol. The number of aryl methyl sites for hydroxylation is 1. The number of anilines is 3. The fourth-order valence-electron chi connectivity index (χ4n) is 1.85. The van der Waals surface area contributed by atoms with Crippen molar-refractivity contribution >= 4 is 40.3 Å². The van der Waals surface area contributed by atoms with Gasteiger partial charge in [-0.1, -0.05) is 6.07 Å². The molecule has 2 rings (SSSR count). The molecule has 0 spiro atoms. The van der Waals surface area contributed by atoms with Crippen molar-refractivity contribution in [3.05, 3.63) is 53.8 Å². The lowest BCUT2D eigenvalue weighted by Gasteiger charge is -2.12. The Bertz CT molecular complexity index is 701. The first-order chi connectivity index (χ1) is 10.4. The van der Waals surface area contributed by atoms with E-state index in [0.29, 0.717) is 11.4 Å². The molecule has 0 aliphatic heterocycles. The second-order valence-corrected chi connectivity index (χ2v) is 5.23. The Morgan fingerprint density at radius 2 is 1.59 bits per heavy atom. The van der Waals surface area contributed by atoms with Gasteiger partial charge in [0.05, 0.1) is 5.69 Å². The summed E-state index contributed by atoms with van der Waals surface area (Å²) in [5.41, 5.74) is 2.59. The van der Waals surface area contributed by atoms with Crippen LogP contribution in [0.4, 0.5) is 21.5 Å². The summed E-state index contributed by atoms with van der Waals surface area (Å²) in [5.74, 6) is -0.488. The molecule has 22 heavy (non-hydrogen) atoms. The molecule has 2 aromatic carbocycles. The third kappa shape index (κ3) is 4.53. The standard InChI is InChI=1S/C16H16FN3OS/c1-10-3-8-15(14(17)9-10)20-16(22)19-13-6-4-12(5-7-13)18-11(2)21/h3-9H,1-2H3,(H,18,21)(H2,19,20,22). The van der Waals surface area contributed by atoms with Gasteiger partial charge >= 0.3 is 0 Å². The minimum Gasteiger partial charge on any atom is -0.332 e. The summed E-state index contributed by atoms with van der Waals surface area (Å²) in [7, 11) is 0. The van der Waals surface area contributed by atoms with E-state index in [1.54, 1.807) is 36.4 Å². The molecule has 0 unspecified atom stereocenters. The van der Waals surface area contributed by atoms with Crippen molar-refractivity contribution in [3.8, 4) is 0 Å². The summed E-state index contributed by atoms with van der Waals surface area (Å²) in [6.07, 6.45) is 0. The third-order valence-corrected chi connectivity index (χ3v) is 3.04. The zero-order chi connectivity index (χ0) is 16.1. The molecule has 0 fully saturated rings. The first-order valence-corrected chi connectivity index (χ1v) is 7.06. The Balaban J connectivity index is 1.98. The highest BCUT2D eigenvalue weighted by molar-refractivity contribution is 7.80. The van der Waals surface area contributed by atoms with E-state index in [0.717, 1.165) is 11.3 Å². The molecule has 0 aromatic heterocycles. The van der Waals surface area contributed by atoms with E-state index in [-0.39, 0.29) is 16.8 Å². The number of halogens is 1. The number of carbonyl (C=O) groups is 1. The lowest BCUT2D eigenvalue weighted by molar-refractivity contribution is -0.114. The highest BCUT2D eigenvalue weighted by Gasteiger charge is 2.05. The first kappa shape index (κ1) is 15.9. The van der Waals surface area contributed by atoms with Gasteiger partial charge in [0.1, 0.15) is 5.82 Å². The van der Waals surface area contributed by atoms with Gasteiger partial charge in [-0.05, 0) is 61.1 Å². The zero-order valence-corrected chi connectivity index (χ0v) is 13.1. The second kappa shape index (κ2) is 7.00. The lowest BCUT2D eigenvalue weighted by Crippen LogP contribution is -2.19. The topological polar surface area (TPSA) is 53.2 Å². The van der Waals surface area contributed by atoms with Gasteiger partial charge in [-0.3, -0.25) is 4.79 Å². The monoisotopic (exact) mass is 317 g/mol. The van der Waals surface area contributed by atoms with Gasteiger partial charge in [-0.15, -0.1) is 0 Å². The minimum atomic E-state index is -0.356. The average Bonchev–Trinajstić information content (AvgIpc) is 2.43. The van der Waals surface area contributed by atoms with E-state index in [2.05, 4.69) is 16.0 Å². The number of hydrogen-bond donors (Lipinski definition) is 3. The third-order valence-electron chi connectivity index (χ3n) is 2.84. The summed E-state index contributed by atoms with van der Waals surface area (Å²) < 4.78 is 13.7. The Hall–Kier alpha value is -2.47. The van der Waals surface area contributed by atoms with Gasteiger partial charge in [-0.25, -0.2) is 4.39 Å². The molecule has 4 nitrogen and oxygen atoms in total. The number of nitrogens with one attached hydrogen (secondary N) is 3. The summed E-state index contributed by atoms with van der Waals surface area (Å²) in [5, 5.41) is 8.72. The molecule has 0 saturated heterocycles. The van der Waals surface area contributed by atoms with Crippen molar-refractivity contribution in [3.63, 3.8) is 0 Å². The number of carbonyl (C=O) groups excluding carboxylic acids is 1. The number of thiocarbonyl (C=S) groups is 1. The van der Waals surface area contributed by atoms with E-state index < -0.39 is 0 Å². The van der Waals surface area contributed by atoms with Gasteiger partial charge in [0, 0.05) is 18.3 Å². The highest BCUT2D eigenvalue weighted by atomic mass is 32.1. The van der Waals surface area contributed by atoms with E-state index in [4.69, 9.17) is 12.2 Å². The summed E-state index contributed by atoms with van der Waals surface area (Å²) in [6.45, 7) is 3.27. The molecule has 0 aliphatic rings. The van der Waals surface area contributed by atoms with Gasteiger partial charge in [0.15, 0.2) is 5.11 Å². The van der Waals surface area contributed by atoms with Crippen molar-refractivity contribution < 1.29 is 9.18 Å². The quantitative estimate of drug-likeness (QED) is 0.752. The van der Waals surface area contributed by atoms with Crippen LogP contribution >= 0.6 is 12.2 Å². The minimum absolute atomic E-state index is 0.132. The van der Waals surface area contributed by atoms with Crippen LogP contribution in [0.3, 0.4) is 0 Å². The van der Waals surface area contributed by atoms with Crippen LogP contribution in [0.5, 0.6) is 0 Å². The predicted octanol–water partition coefficient (Wildman–Crippen LogP) is 3.90. The van der Waals surface area contributed by atoms with Crippen molar-refractivity contribution in [2.75, 3.05) is 16.0 Å². The van der Waals surface area contributed by atoms with Gasteiger partial charge in [0.25, 0.3) is 0 Å². The van der Waals surface area contributed by atoms with E-state index >= 15 is 0 Å². The van der Waals surface area contributed by atoms with Crippen molar-refractivity contribution in [1.29, 1.82) is 0 Å². The van der Waals surface area contributed by atoms with Crippen LogP contribution in [-0.2, 0) is 4.79 Å². The molecule has 3 N–H and O–H groups in total.